The molecule has 0 aromatic rings. The summed E-state index contributed by atoms with van der Waals surface area (Å²) in [7, 11) is 3.75. The molecule has 0 unspecified atom stereocenters. The van der Waals surface area contributed by atoms with Gasteiger partial charge in [-0.25, -0.2) is 0 Å². The molecule has 1 heterocycles. The monoisotopic (exact) mass is 170 g/mol. The van der Waals surface area contributed by atoms with Gasteiger partial charge in [-0.3, -0.25) is 0 Å². The third-order valence-electron chi connectivity index (χ3n) is 2.58. The lowest BCUT2D eigenvalue weighted by molar-refractivity contribution is -0.120. The molecule has 2 N–H and O–H groups in total. The summed E-state index contributed by atoms with van der Waals surface area (Å²) >= 11 is 0. The first-order valence-corrected chi connectivity index (χ1v) is 4.51. The highest BCUT2D eigenvalue weighted by Gasteiger charge is 2.47. The number of hydrogen-bond donors (Lipinski definition) is 2. The molecule has 1 aliphatic carbocycles. The van der Waals surface area contributed by atoms with Crippen LogP contribution in [-0.2, 0) is 4.79 Å². The zero-order chi connectivity index (χ0) is 9.03. The molecular formula is C9H18N2O. The van der Waals surface area contributed by atoms with E-state index in [9.17, 15) is 4.79 Å². The number of carbonyl (C=O) groups excluding carboxylic acids is 1. The van der Waals surface area contributed by atoms with Crippen molar-refractivity contribution in [3.05, 3.63) is 0 Å². The lowest BCUT2D eigenvalue weighted by atomic mass is 9.59. The van der Waals surface area contributed by atoms with Crippen LogP contribution >= 0.6 is 0 Å². The Hall–Kier alpha value is -0.410. The van der Waals surface area contributed by atoms with E-state index in [0.717, 1.165) is 32.2 Å². The molecule has 2 fully saturated rings. The number of nitrogens with one attached hydrogen (secondary N) is 2. The van der Waals surface area contributed by atoms with Crippen molar-refractivity contribution in [2.45, 2.75) is 12.8 Å². The first-order chi connectivity index (χ1) is 5.76. The maximum Gasteiger partial charge on any atom is 0.123 e. The van der Waals surface area contributed by atoms with Crippen LogP contribution in [0.1, 0.15) is 12.8 Å². The number of rotatable bonds is 1. The predicted octanol–water partition coefficient (Wildman–Crippen LogP) is 0.0205. The summed E-state index contributed by atoms with van der Waals surface area (Å²) in [5, 5.41) is 5.98. The summed E-state index contributed by atoms with van der Waals surface area (Å²) in [6.45, 7) is 2.30. The minimum atomic E-state index is 0.395. The molecule has 0 aromatic heterocycles. The molecule has 0 atom stereocenters. The van der Waals surface area contributed by atoms with Crippen LogP contribution in [0, 0.1) is 11.3 Å². The van der Waals surface area contributed by atoms with E-state index in [-0.39, 0.29) is 0 Å². The van der Waals surface area contributed by atoms with E-state index in [1.54, 1.807) is 0 Å². The van der Waals surface area contributed by atoms with Crippen molar-refractivity contribution in [3.8, 4) is 0 Å². The third kappa shape index (κ3) is 1.84. The first-order valence-electron chi connectivity index (χ1n) is 4.51. The fourth-order valence-electron chi connectivity index (χ4n) is 1.92. The van der Waals surface area contributed by atoms with Gasteiger partial charge in [-0.15, -0.1) is 0 Å². The molecule has 1 saturated carbocycles. The van der Waals surface area contributed by atoms with Crippen molar-refractivity contribution < 1.29 is 4.79 Å². The normalized spacial score (nSPS) is 24.8. The Labute approximate surface area is 73.9 Å². The fraction of sp³-hybridized carbons (Fsp3) is 0.889. The molecule has 2 aliphatic rings. The molecule has 0 bridgehead atoms. The van der Waals surface area contributed by atoms with Crippen LogP contribution in [-0.4, -0.2) is 33.5 Å². The van der Waals surface area contributed by atoms with E-state index in [2.05, 4.69) is 10.6 Å². The highest BCUT2D eigenvalue weighted by atomic mass is 16.1. The summed E-state index contributed by atoms with van der Waals surface area (Å²) in [6.07, 6.45) is 3.39. The van der Waals surface area contributed by atoms with Gasteiger partial charge in [0.15, 0.2) is 0 Å². The molecule has 1 saturated heterocycles. The fourth-order valence-corrected chi connectivity index (χ4v) is 1.92. The molecule has 3 nitrogen and oxygen atoms in total. The maximum absolute atomic E-state index is 10.2. The van der Waals surface area contributed by atoms with Crippen LogP contribution in [0.25, 0.3) is 0 Å². The average Bonchev–Trinajstić information content (AvgIpc) is 1.83. The van der Waals surface area contributed by atoms with Gasteiger partial charge in [0.2, 0.25) is 0 Å². The Morgan fingerprint density at radius 3 is 2.17 bits per heavy atom. The van der Waals surface area contributed by atoms with Crippen LogP contribution in [0.3, 0.4) is 0 Å². The minimum absolute atomic E-state index is 0.395. The predicted molar refractivity (Wildman–Crippen MR) is 49.1 cm³/mol. The van der Waals surface area contributed by atoms with Crippen LogP contribution in [0.4, 0.5) is 0 Å². The second kappa shape index (κ2) is 4.01. The molecule has 12 heavy (non-hydrogen) atoms. The zero-order valence-corrected chi connectivity index (χ0v) is 7.89. The van der Waals surface area contributed by atoms with Crippen molar-refractivity contribution in [1.82, 2.24) is 10.6 Å². The summed E-state index contributed by atoms with van der Waals surface area (Å²) in [5.41, 5.74) is 0.575. The van der Waals surface area contributed by atoms with Gasteiger partial charge in [0.1, 0.15) is 6.29 Å². The van der Waals surface area contributed by atoms with E-state index in [1.807, 2.05) is 14.1 Å². The first kappa shape index (κ1) is 9.68. The third-order valence-corrected chi connectivity index (χ3v) is 2.58. The van der Waals surface area contributed by atoms with Gasteiger partial charge >= 0.3 is 0 Å². The summed E-state index contributed by atoms with van der Waals surface area (Å²) in [4.78, 5) is 10.2. The molecule has 0 amide bonds. The lowest BCUT2D eigenvalue weighted by Crippen LogP contribution is -2.60. The topological polar surface area (TPSA) is 41.1 Å². The Balaban J connectivity index is 0.000000213. The average molecular weight is 170 g/mol. The van der Waals surface area contributed by atoms with Crippen LogP contribution in [0.5, 0.6) is 0 Å². The standard InChI is InChI=1S/C7H11NO.C2H7N/c9-3-6-1-7(2-6)4-8-5-7;1-3-2/h3,6,8H,1-2,4-5H2;3H,1-2H3. The van der Waals surface area contributed by atoms with E-state index in [4.69, 9.17) is 0 Å². The molecule has 1 aliphatic heterocycles. The van der Waals surface area contributed by atoms with E-state index >= 15 is 0 Å². The zero-order valence-electron chi connectivity index (χ0n) is 7.89. The number of aldehydes is 1. The van der Waals surface area contributed by atoms with Crippen molar-refractivity contribution in [2.24, 2.45) is 11.3 Å². The van der Waals surface area contributed by atoms with E-state index in [0.29, 0.717) is 11.3 Å². The molecule has 0 aromatic carbocycles. The van der Waals surface area contributed by atoms with Gasteiger partial charge in [-0.2, -0.15) is 0 Å². The van der Waals surface area contributed by atoms with Gasteiger partial charge < -0.3 is 15.4 Å². The lowest BCUT2D eigenvalue weighted by Gasteiger charge is -2.52. The van der Waals surface area contributed by atoms with Gasteiger partial charge in [0.05, 0.1) is 0 Å². The van der Waals surface area contributed by atoms with E-state index < -0.39 is 0 Å². The Kier molecular flexibility index (Phi) is 3.23. The van der Waals surface area contributed by atoms with Gasteiger partial charge in [-0.1, -0.05) is 0 Å². The molecule has 2 rings (SSSR count). The van der Waals surface area contributed by atoms with Crippen molar-refractivity contribution >= 4 is 6.29 Å². The minimum Gasteiger partial charge on any atom is -0.323 e. The van der Waals surface area contributed by atoms with Crippen LogP contribution < -0.4 is 10.6 Å². The Bertz CT molecular complexity index is 147. The summed E-state index contributed by atoms with van der Waals surface area (Å²) < 4.78 is 0. The number of hydrogen-bond acceptors (Lipinski definition) is 3. The SMILES string of the molecule is CNC.O=CC1CC2(CNC2)C1. The van der Waals surface area contributed by atoms with Crippen molar-refractivity contribution in [3.63, 3.8) is 0 Å². The van der Waals surface area contributed by atoms with Crippen molar-refractivity contribution in [1.29, 1.82) is 0 Å². The highest BCUT2D eigenvalue weighted by molar-refractivity contribution is 5.56. The van der Waals surface area contributed by atoms with Crippen LogP contribution in [0.15, 0.2) is 0 Å². The van der Waals surface area contributed by atoms with E-state index in [1.165, 1.54) is 0 Å². The Morgan fingerprint density at radius 2 is 1.92 bits per heavy atom. The molecule has 1 spiro atoms. The van der Waals surface area contributed by atoms with Crippen molar-refractivity contribution in [2.75, 3.05) is 27.2 Å². The highest BCUT2D eigenvalue weighted by Crippen LogP contribution is 2.47. The molecule has 3 heteroatoms. The molecule has 0 radical (unpaired) electrons. The smallest absolute Gasteiger partial charge is 0.123 e. The van der Waals surface area contributed by atoms with Gasteiger partial charge in [0.25, 0.3) is 0 Å². The number of carbonyl (C=O) groups is 1. The van der Waals surface area contributed by atoms with Gasteiger partial charge in [0, 0.05) is 19.0 Å². The van der Waals surface area contributed by atoms with Gasteiger partial charge in [-0.05, 0) is 32.4 Å². The summed E-state index contributed by atoms with van der Waals surface area (Å²) in [5.74, 6) is 0.395. The molecule has 70 valence electrons. The largest absolute Gasteiger partial charge is 0.323 e. The quantitative estimate of drug-likeness (QED) is 0.545. The molecular weight excluding hydrogens is 152 g/mol. The maximum atomic E-state index is 10.2. The second-order valence-corrected chi connectivity index (χ2v) is 3.91. The Morgan fingerprint density at radius 1 is 1.42 bits per heavy atom. The summed E-state index contributed by atoms with van der Waals surface area (Å²) in [6, 6.07) is 0. The van der Waals surface area contributed by atoms with Crippen LogP contribution in [0.2, 0.25) is 0 Å². The second-order valence-electron chi connectivity index (χ2n) is 3.91.